The molecule has 0 bridgehead atoms. The van der Waals surface area contributed by atoms with Gasteiger partial charge in [-0.1, -0.05) is 0 Å². The third-order valence-corrected chi connectivity index (χ3v) is 0.818. The van der Waals surface area contributed by atoms with Crippen LogP contribution in [0.15, 0.2) is 0 Å². The first-order valence-electron chi connectivity index (χ1n) is 2.30. The molecule has 0 rings (SSSR count). The Morgan fingerprint density at radius 1 is 0.900 bits per heavy atom. The summed E-state index contributed by atoms with van der Waals surface area (Å²) >= 11 is 0. The van der Waals surface area contributed by atoms with Crippen LogP contribution in [0.2, 0.25) is 0 Å². The van der Waals surface area contributed by atoms with Gasteiger partial charge in [0.2, 0.25) is 0 Å². The zero-order valence-corrected chi connectivity index (χ0v) is 6.32. The number of aliphatic hydroxyl groups excluding tert-OH is 4. The molecule has 0 spiro atoms. The fourth-order valence-electron chi connectivity index (χ4n) is 0.243. The Bertz CT molecular complexity index is 53.6. The van der Waals surface area contributed by atoms with Crippen molar-refractivity contribution in [1.29, 1.82) is 0 Å². The van der Waals surface area contributed by atoms with Gasteiger partial charge >= 0.3 is 0 Å². The van der Waals surface area contributed by atoms with Gasteiger partial charge in [0.05, 0.1) is 13.2 Å². The third-order valence-electron chi connectivity index (χ3n) is 0.818. The molecule has 10 heavy (non-hydrogen) atoms. The molecule has 0 saturated heterocycles. The average molecular weight is 196 g/mol. The smallest absolute Gasteiger partial charge is 0.105 e. The molecule has 0 radical (unpaired) electrons. The van der Waals surface area contributed by atoms with Crippen molar-refractivity contribution < 1.29 is 43.0 Å². The number of hydrogen-bond donors (Lipinski definition) is 4. The molecule has 0 aliphatic rings. The standard InChI is InChI=1S/C4H10O4.Fe.H2O/c5-1-3(7)4(8)2-6;;/h3-8H,1-2H2;;1H2/t3-,4+;;. The van der Waals surface area contributed by atoms with Crippen LogP contribution in [0.3, 0.4) is 0 Å². The second-order valence-corrected chi connectivity index (χ2v) is 1.50. The molecule has 0 unspecified atom stereocenters. The SMILES string of the molecule is O.OC[C@@H](O)[C@@H](O)CO.[Fe]. The molecular weight excluding hydrogens is 184 g/mol. The molecule has 5 nitrogen and oxygen atoms in total. The van der Waals surface area contributed by atoms with Gasteiger partial charge in [-0.3, -0.25) is 0 Å². The van der Waals surface area contributed by atoms with Crippen molar-refractivity contribution in [2.24, 2.45) is 0 Å². The summed E-state index contributed by atoms with van der Waals surface area (Å²) in [5.74, 6) is 0. The van der Waals surface area contributed by atoms with Gasteiger partial charge in [0, 0.05) is 17.1 Å². The van der Waals surface area contributed by atoms with Crippen LogP contribution in [0.1, 0.15) is 0 Å². The Morgan fingerprint density at radius 3 is 1.20 bits per heavy atom. The predicted octanol–water partition coefficient (Wildman–Crippen LogP) is -3.13. The van der Waals surface area contributed by atoms with E-state index in [0.29, 0.717) is 0 Å². The fourth-order valence-corrected chi connectivity index (χ4v) is 0.243. The van der Waals surface area contributed by atoms with E-state index in [1.807, 2.05) is 0 Å². The Hall–Kier alpha value is 0.319. The van der Waals surface area contributed by atoms with Gasteiger partial charge in [-0.05, 0) is 0 Å². The molecule has 2 atom stereocenters. The Balaban J connectivity index is -0.000000245. The monoisotopic (exact) mass is 196 g/mol. The van der Waals surface area contributed by atoms with E-state index < -0.39 is 25.4 Å². The maximum atomic E-state index is 8.47. The van der Waals surface area contributed by atoms with E-state index in [0.717, 1.165) is 0 Å². The van der Waals surface area contributed by atoms with Crippen molar-refractivity contribution in [2.75, 3.05) is 13.2 Å². The molecule has 66 valence electrons. The predicted molar refractivity (Wildman–Crippen MR) is 29.8 cm³/mol. The third kappa shape index (κ3) is 6.44. The van der Waals surface area contributed by atoms with Crippen molar-refractivity contribution in [1.82, 2.24) is 0 Å². The fraction of sp³-hybridized carbons (Fsp3) is 1.00. The minimum atomic E-state index is -1.22. The van der Waals surface area contributed by atoms with Gasteiger partial charge in [0.1, 0.15) is 12.2 Å². The summed E-state index contributed by atoms with van der Waals surface area (Å²) in [5.41, 5.74) is 0. The largest absolute Gasteiger partial charge is 0.412 e. The van der Waals surface area contributed by atoms with E-state index in [1.54, 1.807) is 0 Å². The summed E-state index contributed by atoms with van der Waals surface area (Å²) in [6.45, 7) is -1.05. The quantitative estimate of drug-likeness (QED) is 0.357. The summed E-state index contributed by atoms with van der Waals surface area (Å²) in [5, 5.41) is 33.2. The molecular formula is C4H12FeO5. The number of rotatable bonds is 3. The van der Waals surface area contributed by atoms with Crippen LogP contribution >= 0.6 is 0 Å². The summed E-state index contributed by atoms with van der Waals surface area (Å²) < 4.78 is 0. The minimum absolute atomic E-state index is 0. The van der Waals surface area contributed by atoms with Crippen molar-refractivity contribution in [2.45, 2.75) is 12.2 Å². The maximum absolute atomic E-state index is 8.47. The summed E-state index contributed by atoms with van der Waals surface area (Å²) in [6.07, 6.45) is -2.44. The summed E-state index contributed by atoms with van der Waals surface area (Å²) in [4.78, 5) is 0. The summed E-state index contributed by atoms with van der Waals surface area (Å²) in [6, 6.07) is 0. The van der Waals surface area contributed by atoms with Gasteiger partial charge in [0.15, 0.2) is 0 Å². The Kier molecular flexibility index (Phi) is 15.6. The molecule has 6 N–H and O–H groups in total. The summed E-state index contributed by atoms with van der Waals surface area (Å²) in [7, 11) is 0. The molecule has 0 aliphatic heterocycles. The minimum Gasteiger partial charge on any atom is -0.412 e. The van der Waals surface area contributed by atoms with Crippen molar-refractivity contribution in [3.8, 4) is 0 Å². The van der Waals surface area contributed by atoms with Crippen molar-refractivity contribution >= 4 is 0 Å². The van der Waals surface area contributed by atoms with Crippen LogP contribution in [0.25, 0.3) is 0 Å². The first kappa shape index (κ1) is 16.7. The zero-order chi connectivity index (χ0) is 6.57. The van der Waals surface area contributed by atoms with E-state index in [2.05, 4.69) is 0 Å². The van der Waals surface area contributed by atoms with Crippen LogP contribution in [0.4, 0.5) is 0 Å². The average Bonchev–Trinajstić information content (AvgIpc) is 1.84. The van der Waals surface area contributed by atoms with Gasteiger partial charge in [-0.2, -0.15) is 0 Å². The van der Waals surface area contributed by atoms with E-state index in [9.17, 15) is 0 Å². The van der Waals surface area contributed by atoms with Gasteiger partial charge in [-0.15, -0.1) is 0 Å². The molecule has 0 aromatic heterocycles. The van der Waals surface area contributed by atoms with Crippen LogP contribution in [-0.2, 0) is 17.1 Å². The molecule has 0 aliphatic carbocycles. The van der Waals surface area contributed by atoms with Crippen LogP contribution in [0, 0.1) is 0 Å². The Labute approximate surface area is 69.1 Å². The van der Waals surface area contributed by atoms with Gasteiger partial charge in [-0.25, -0.2) is 0 Å². The molecule has 6 heteroatoms. The van der Waals surface area contributed by atoms with E-state index in [1.165, 1.54) is 0 Å². The second kappa shape index (κ2) is 9.32. The normalized spacial score (nSPS) is 14.4. The van der Waals surface area contributed by atoms with E-state index in [-0.39, 0.29) is 22.5 Å². The van der Waals surface area contributed by atoms with Crippen LogP contribution in [-0.4, -0.2) is 51.3 Å². The first-order chi connectivity index (χ1) is 3.72. The van der Waals surface area contributed by atoms with E-state index in [4.69, 9.17) is 20.4 Å². The number of hydrogen-bond acceptors (Lipinski definition) is 4. The van der Waals surface area contributed by atoms with Crippen molar-refractivity contribution in [3.05, 3.63) is 0 Å². The first-order valence-corrected chi connectivity index (χ1v) is 2.30. The van der Waals surface area contributed by atoms with Gasteiger partial charge in [0.25, 0.3) is 0 Å². The molecule has 0 aromatic rings. The zero-order valence-electron chi connectivity index (χ0n) is 5.21. The Morgan fingerprint density at radius 2 is 1.10 bits per heavy atom. The van der Waals surface area contributed by atoms with Gasteiger partial charge < -0.3 is 25.9 Å². The second-order valence-electron chi connectivity index (χ2n) is 1.50. The van der Waals surface area contributed by atoms with Crippen LogP contribution in [0.5, 0.6) is 0 Å². The van der Waals surface area contributed by atoms with E-state index >= 15 is 0 Å². The molecule has 0 aromatic carbocycles. The number of aliphatic hydroxyl groups is 4. The maximum Gasteiger partial charge on any atom is 0.105 e. The van der Waals surface area contributed by atoms with Crippen molar-refractivity contribution in [3.63, 3.8) is 0 Å². The molecule has 0 amide bonds. The molecule has 0 heterocycles. The molecule has 0 fully saturated rings. The topological polar surface area (TPSA) is 112 Å². The molecule has 0 saturated carbocycles. The van der Waals surface area contributed by atoms with Crippen LogP contribution < -0.4 is 0 Å².